The van der Waals surface area contributed by atoms with Crippen LogP contribution in [0.2, 0.25) is 0 Å². The van der Waals surface area contributed by atoms with Gasteiger partial charge in [0.05, 0.1) is 6.10 Å². The molecule has 208 valence electrons. The van der Waals surface area contributed by atoms with E-state index in [1.54, 1.807) is 19.9 Å². The number of nitrogens with zero attached hydrogens (tertiary/aromatic N) is 1. The fourth-order valence-corrected chi connectivity index (χ4v) is 6.15. The predicted octanol–water partition coefficient (Wildman–Crippen LogP) is 7.18. The van der Waals surface area contributed by atoms with E-state index in [4.69, 9.17) is 4.74 Å². The molecule has 36 heavy (non-hydrogen) atoms. The highest BCUT2D eigenvalue weighted by molar-refractivity contribution is 5.96. The predicted molar refractivity (Wildman–Crippen MR) is 149 cm³/mol. The SMILES string of the molecule is CCCCCCCCCCCCC/C=C/C(O)C(/N=C1\C[C@@H]2C[C@@H](C2(C)C)[C@]1(C)O)C(=O)OC(C)C. The van der Waals surface area contributed by atoms with E-state index in [0.29, 0.717) is 18.1 Å². The quantitative estimate of drug-likeness (QED) is 0.125. The van der Waals surface area contributed by atoms with Crippen molar-refractivity contribution in [2.45, 2.75) is 155 Å². The molecule has 2 unspecified atom stereocenters. The molecule has 0 radical (unpaired) electrons. The molecule has 3 aliphatic carbocycles. The molecule has 0 spiro atoms. The molecule has 0 aromatic carbocycles. The van der Waals surface area contributed by atoms with Crippen molar-refractivity contribution in [1.29, 1.82) is 0 Å². The number of rotatable bonds is 17. The van der Waals surface area contributed by atoms with Crippen LogP contribution in [0, 0.1) is 17.3 Å². The van der Waals surface area contributed by atoms with Gasteiger partial charge in [0.15, 0.2) is 6.04 Å². The van der Waals surface area contributed by atoms with Gasteiger partial charge in [0.1, 0.15) is 11.7 Å². The molecule has 3 saturated carbocycles. The zero-order valence-corrected chi connectivity index (χ0v) is 24.1. The molecule has 0 saturated heterocycles. The molecule has 3 aliphatic rings. The lowest BCUT2D eigenvalue weighted by Crippen LogP contribution is -2.65. The van der Waals surface area contributed by atoms with E-state index in [2.05, 4.69) is 25.8 Å². The van der Waals surface area contributed by atoms with Crippen LogP contribution in [0.4, 0.5) is 0 Å². The first-order chi connectivity index (χ1) is 17.0. The van der Waals surface area contributed by atoms with E-state index in [0.717, 1.165) is 19.3 Å². The van der Waals surface area contributed by atoms with Crippen molar-refractivity contribution in [3.05, 3.63) is 12.2 Å². The van der Waals surface area contributed by atoms with Crippen LogP contribution in [0.15, 0.2) is 17.1 Å². The standard InChI is InChI=1S/C31H55NO4/c1-7-8-9-10-11-12-13-14-15-16-17-18-19-20-25(33)28(29(34)36-23(2)3)32-27-22-24-21-26(30(24,4)5)31(27,6)35/h19-20,23-26,28,33,35H,7-18,21-22H2,1-6H3/b20-19+,32-27+/t24-,25?,26-,28?,31-/m0/s1. The van der Waals surface area contributed by atoms with Gasteiger partial charge >= 0.3 is 5.97 Å². The maximum atomic E-state index is 12.8. The van der Waals surface area contributed by atoms with E-state index in [1.165, 1.54) is 64.2 Å². The Morgan fingerprint density at radius 3 is 2.08 bits per heavy atom. The molecular formula is C31H55NO4. The van der Waals surface area contributed by atoms with Crippen LogP contribution in [-0.2, 0) is 9.53 Å². The maximum Gasteiger partial charge on any atom is 0.334 e. The van der Waals surface area contributed by atoms with Crippen molar-refractivity contribution >= 4 is 11.7 Å². The second kappa shape index (κ2) is 14.7. The van der Waals surface area contributed by atoms with Crippen LogP contribution in [-0.4, -0.2) is 45.7 Å². The molecule has 5 atom stereocenters. The smallest absolute Gasteiger partial charge is 0.334 e. The fraction of sp³-hybridized carbons (Fsp3) is 0.871. The highest BCUT2D eigenvalue weighted by atomic mass is 16.5. The van der Waals surface area contributed by atoms with Gasteiger partial charge in [-0.05, 0) is 63.7 Å². The average molecular weight is 506 g/mol. The van der Waals surface area contributed by atoms with Gasteiger partial charge in [-0.15, -0.1) is 0 Å². The summed E-state index contributed by atoms with van der Waals surface area (Å²) in [6.07, 6.45) is 19.2. The molecule has 0 aliphatic heterocycles. The Balaban J connectivity index is 1.81. The Morgan fingerprint density at radius 2 is 1.58 bits per heavy atom. The minimum atomic E-state index is -1.06. The zero-order valence-electron chi connectivity index (χ0n) is 24.1. The zero-order chi connectivity index (χ0) is 26.8. The molecular weight excluding hydrogens is 450 g/mol. The van der Waals surface area contributed by atoms with Crippen LogP contribution in [0.25, 0.3) is 0 Å². The normalized spacial score (nSPS) is 27.9. The number of hydrogen-bond acceptors (Lipinski definition) is 5. The number of unbranched alkanes of at least 4 members (excludes halogenated alkanes) is 11. The van der Waals surface area contributed by atoms with E-state index in [-0.39, 0.29) is 17.4 Å². The molecule has 0 amide bonds. The number of fused-ring (bicyclic) bond motifs is 2. The van der Waals surface area contributed by atoms with Gasteiger partial charge in [0, 0.05) is 5.71 Å². The first-order valence-corrected chi connectivity index (χ1v) is 14.9. The number of carbonyl (C=O) groups excluding carboxylic acids is 1. The average Bonchev–Trinajstić information content (AvgIpc) is 2.79. The molecule has 3 fully saturated rings. The van der Waals surface area contributed by atoms with E-state index >= 15 is 0 Å². The molecule has 5 nitrogen and oxygen atoms in total. The van der Waals surface area contributed by atoms with Gasteiger partial charge < -0.3 is 14.9 Å². The third-order valence-electron chi connectivity index (χ3n) is 8.69. The molecule has 0 aromatic rings. The van der Waals surface area contributed by atoms with Gasteiger partial charge in [0.25, 0.3) is 0 Å². The van der Waals surface area contributed by atoms with E-state index < -0.39 is 23.7 Å². The number of esters is 1. The summed E-state index contributed by atoms with van der Waals surface area (Å²) in [5.74, 6) is 0.0497. The van der Waals surface area contributed by atoms with E-state index in [1.807, 2.05) is 13.0 Å². The molecule has 5 heteroatoms. The monoisotopic (exact) mass is 505 g/mol. The lowest BCUT2D eigenvalue weighted by Gasteiger charge is -2.62. The van der Waals surface area contributed by atoms with Crippen LogP contribution in [0.5, 0.6) is 0 Å². The first kappa shape index (κ1) is 31.0. The Kier molecular flexibility index (Phi) is 12.6. The lowest BCUT2D eigenvalue weighted by molar-refractivity contribution is -0.151. The number of ether oxygens (including phenoxy) is 1. The Morgan fingerprint density at radius 1 is 1.03 bits per heavy atom. The summed E-state index contributed by atoms with van der Waals surface area (Å²) in [5.41, 5.74) is -0.358. The number of aliphatic imine (C=N–C) groups is 1. The van der Waals surface area contributed by atoms with Crippen molar-refractivity contribution in [1.82, 2.24) is 0 Å². The number of carbonyl (C=O) groups is 1. The van der Waals surface area contributed by atoms with Gasteiger partial charge in [-0.3, -0.25) is 4.99 Å². The summed E-state index contributed by atoms with van der Waals surface area (Å²) < 4.78 is 5.42. The summed E-state index contributed by atoms with van der Waals surface area (Å²) in [4.78, 5) is 17.5. The van der Waals surface area contributed by atoms with Gasteiger partial charge in [-0.1, -0.05) is 97.1 Å². The van der Waals surface area contributed by atoms with Crippen LogP contribution >= 0.6 is 0 Å². The summed E-state index contributed by atoms with van der Waals surface area (Å²) >= 11 is 0. The molecule has 3 rings (SSSR count). The third-order valence-corrected chi connectivity index (χ3v) is 8.69. The number of aliphatic hydroxyl groups is 2. The fourth-order valence-electron chi connectivity index (χ4n) is 6.15. The Hall–Kier alpha value is -1.20. The van der Waals surface area contributed by atoms with E-state index in [9.17, 15) is 15.0 Å². The van der Waals surface area contributed by atoms with Crippen molar-refractivity contribution in [3.63, 3.8) is 0 Å². The second-order valence-electron chi connectivity index (χ2n) is 12.4. The van der Waals surface area contributed by atoms with Gasteiger partial charge in [-0.2, -0.15) is 0 Å². The first-order valence-electron chi connectivity index (χ1n) is 14.9. The maximum absolute atomic E-state index is 12.8. The third kappa shape index (κ3) is 8.68. The molecule has 0 heterocycles. The number of allylic oxidation sites excluding steroid dienone is 1. The minimum Gasteiger partial charge on any atom is -0.461 e. The summed E-state index contributed by atoms with van der Waals surface area (Å²) in [5, 5.41) is 22.2. The Labute approximate surface area is 221 Å². The summed E-state index contributed by atoms with van der Waals surface area (Å²) in [6.45, 7) is 12.1. The molecule has 2 N–H and O–H groups in total. The molecule has 0 aromatic heterocycles. The largest absolute Gasteiger partial charge is 0.461 e. The van der Waals surface area contributed by atoms with Gasteiger partial charge in [-0.25, -0.2) is 4.79 Å². The Bertz CT molecular complexity index is 724. The second-order valence-corrected chi connectivity index (χ2v) is 12.4. The highest BCUT2D eigenvalue weighted by Crippen LogP contribution is 2.61. The van der Waals surface area contributed by atoms with Crippen molar-refractivity contribution in [2.24, 2.45) is 22.2 Å². The lowest BCUT2D eigenvalue weighted by atomic mass is 9.44. The summed E-state index contributed by atoms with van der Waals surface area (Å²) in [7, 11) is 0. The van der Waals surface area contributed by atoms with Crippen LogP contribution in [0.1, 0.15) is 131 Å². The van der Waals surface area contributed by atoms with Crippen LogP contribution < -0.4 is 0 Å². The topological polar surface area (TPSA) is 79.1 Å². The summed E-state index contributed by atoms with van der Waals surface area (Å²) in [6, 6.07) is -1.04. The highest BCUT2D eigenvalue weighted by Gasteiger charge is 2.61. The van der Waals surface area contributed by atoms with Gasteiger partial charge in [0.2, 0.25) is 0 Å². The van der Waals surface area contributed by atoms with Crippen LogP contribution in [0.3, 0.4) is 0 Å². The van der Waals surface area contributed by atoms with Crippen molar-refractivity contribution < 1.29 is 19.7 Å². The van der Waals surface area contributed by atoms with Crippen molar-refractivity contribution in [2.75, 3.05) is 0 Å². The van der Waals surface area contributed by atoms with Crippen molar-refractivity contribution in [3.8, 4) is 0 Å². The number of aliphatic hydroxyl groups excluding tert-OH is 1. The number of hydrogen-bond donors (Lipinski definition) is 2. The minimum absolute atomic E-state index is 0.0730. The molecule has 2 bridgehead atoms.